The van der Waals surface area contributed by atoms with Crippen molar-refractivity contribution in [3.63, 3.8) is 0 Å². The van der Waals surface area contributed by atoms with Crippen molar-refractivity contribution in [1.29, 1.82) is 0 Å². The van der Waals surface area contributed by atoms with Crippen molar-refractivity contribution in [2.75, 3.05) is 80.3 Å². The van der Waals surface area contributed by atoms with Gasteiger partial charge < -0.3 is 29.7 Å². The Bertz CT molecular complexity index is 661. The summed E-state index contributed by atoms with van der Waals surface area (Å²) in [6.07, 6.45) is 1.09. The number of methoxy groups -OCH3 is 2. The molecule has 0 spiro atoms. The molecule has 8 nitrogen and oxygen atoms in total. The van der Waals surface area contributed by atoms with E-state index in [1.807, 2.05) is 13.1 Å². The van der Waals surface area contributed by atoms with Crippen LogP contribution in [0, 0.1) is 0 Å². The monoisotopic (exact) mass is 435 g/mol. The maximum Gasteiger partial charge on any atom is 0.191 e. The molecule has 1 atom stereocenters. The Morgan fingerprint density at radius 1 is 1.13 bits per heavy atom. The van der Waals surface area contributed by atoms with Gasteiger partial charge in [-0.3, -0.25) is 9.89 Å². The summed E-state index contributed by atoms with van der Waals surface area (Å²) in [5.74, 6) is 2.32. The van der Waals surface area contributed by atoms with E-state index in [2.05, 4.69) is 51.4 Å². The van der Waals surface area contributed by atoms with Gasteiger partial charge in [-0.2, -0.15) is 0 Å². The number of hydrogen-bond donors (Lipinski definition) is 2. The lowest BCUT2D eigenvalue weighted by atomic mass is 10.0. The minimum absolute atomic E-state index is 0.179. The number of nitrogens with zero attached hydrogens (tertiary/aromatic N) is 3. The topological polar surface area (TPSA) is 70.6 Å². The van der Waals surface area contributed by atoms with E-state index in [4.69, 9.17) is 14.2 Å². The van der Waals surface area contributed by atoms with Gasteiger partial charge in [-0.15, -0.1) is 0 Å². The molecular formula is C23H41N5O3. The first-order chi connectivity index (χ1) is 15.2. The fourth-order valence-corrected chi connectivity index (χ4v) is 3.87. The van der Waals surface area contributed by atoms with Gasteiger partial charge in [0.15, 0.2) is 17.5 Å². The Balaban J connectivity index is 2.01. The number of benzene rings is 1. The molecular weight excluding hydrogens is 394 g/mol. The molecule has 1 aliphatic heterocycles. The Hall–Kier alpha value is -2.03. The fourth-order valence-electron chi connectivity index (χ4n) is 3.87. The van der Waals surface area contributed by atoms with Crippen molar-refractivity contribution in [3.05, 3.63) is 23.8 Å². The molecule has 0 aliphatic carbocycles. The minimum Gasteiger partial charge on any atom is -0.493 e. The molecule has 176 valence electrons. The summed E-state index contributed by atoms with van der Waals surface area (Å²) in [4.78, 5) is 9.29. The number of hydrogen-bond acceptors (Lipinski definition) is 6. The normalized spacial score (nSPS) is 16.3. The first-order valence-corrected chi connectivity index (χ1v) is 11.4. The summed E-state index contributed by atoms with van der Waals surface area (Å²) >= 11 is 0. The van der Waals surface area contributed by atoms with Gasteiger partial charge in [0.1, 0.15) is 0 Å². The Morgan fingerprint density at radius 3 is 2.45 bits per heavy atom. The Morgan fingerprint density at radius 2 is 1.84 bits per heavy atom. The van der Waals surface area contributed by atoms with Crippen LogP contribution in [0.15, 0.2) is 23.2 Å². The van der Waals surface area contributed by atoms with Crippen LogP contribution >= 0.6 is 0 Å². The lowest BCUT2D eigenvalue weighted by molar-refractivity contribution is 0.0169. The van der Waals surface area contributed by atoms with Gasteiger partial charge in [0, 0.05) is 33.2 Å². The van der Waals surface area contributed by atoms with Crippen LogP contribution in [0.1, 0.15) is 31.9 Å². The maximum absolute atomic E-state index is 5.57. The molecule has 1 aromatic carbocycles. The average molecular weight is 436 g/mol. The van der Waals surface area contributed by atoms with Crippen molar-refractivity contribution < 1.29 is 14.2 Å². The van der Waals surface area contributed by atoms with Gasteiger partial charge in [0.2, 0.25) is 0 Å². The zero-order chi connectivity index (χ0) is 22.5. The van der Waals surface area contributed by atoms with Crippen LogP contribution in [0.3, 0.4) is 0 Å². The highest BCUT2D eigenvalue weighted by molar-refractivity contribution is 5.79. The van der Waals surface area contributed by atoms with Crippen molar-refractivity contribution >= 4 is 5.96 Å². The molecule has 8 heteroatoms. The number of rotatable bonds is 12. The summed E-state index contributed by atoms with van der Waals surface area (Å²) in [6.45, 7) is 12.6. The van der Waals surface area contributed by atoms with E-state index in [1.54, 1.807) is 14.2 Å². The lowest BCUT2D eigenvalue weighted by Crippen LogP contribution is -2.46. The van der Waals surface area contributed by atoms with Crippen molar-refractivity contribution in [2.45, 2.75) is 26.3 Å². The third kappa shape index (κ3) is 7.87. The standard InChI is InChI=1S/C23H41N5O3/c1-6-27(7-2)12-8-11-25-23(24-3)26-18-20(28-13-15-31-16-14-28)19-9-10-21(29-4)22(17-19)30-5/h9-10,17,20H,6-8,11-16,18H2,1-5H3,(H2,24,25,26). The van der Waals surface area contributed by atoms with Crippen molar-refractivity contribution in [1.82, 2.24) is 20.4 Å². The Kier molecular flexibility index (Phi) is 11.5. The van der Waals surface area contributed by atoms with Crippen LogP contribution in [0.5, 0.6) is 11.5 Å². The van der Waals surface area contributed by atoms with E-state index in [0.29, 0.717) is 0 Å². The third-order valence-electron chi connectivity index (χ3n) is 5.80. The number of aliphatic imine (C=N–C) groups is 1. The zero-order valence-corrected chi connectivity index (χ0v) is 19.9. The number of guanidine groups is 1. The van der Waals surface area contributed by atoms with Gasteiger partial charge in [-0.25, -0.2) is 0 Å². The summed E-state index contributed by atoms with van der Waals surface area (Å²) in [6, 6.07) is 6.34. The quantitative estimate of drug-likeness (QED) is 0.296. The molecule has 0 saturated carbocycles. The predicted molar refractivity (Wildman–Crippen MR) is 126 cm³/mol. The number of ether oxygens (including phenoxy) is 3. The molecule has 0 radical (unpaired) electrons. The van der Waals surface area contributed by atoms with Crippen molar-refractivity contribution in [3.8, 4) is 11.5 Å². The van der Waals surface area contributed by atoms with Crippen LogP contribution in [0.4, 0.5) is 0 Å². The average Bonchev–Trinajstić information content (AvgIpc) is 2.83. The first-order valence-electron chi connectivity index (χ1n) is 11.4. The highest BCUT2D eigenvalue weighted by Crippen LogP contribution is 2.32. The highest BCUT2D eigenvalue weighted by Gasteiger charge is 2.24. The van der Waals surface area contributed by atoms with E-state index in [-0.39, 0.29) is 6.04 Å². The largest absolute Gasteiger partial charge is 0.493 e. The summed E-state index contributed by atoms with van der Waals surface area (Å²) in [5.41, 5.74) is 1.18. The molecule has 2 rings (SSSR count). The minimum atomic E-state index is 0.179. The van der Waals surface area contributed by atoms with E-state index in [1.165, 1.54) is 5.56 Å². The van der Waals surface area contributed by atoms with Crippen LogP contribution < -0.4 is 20.1 Å². The lowest BCUT2D eigenvalue weighted by Gasteiger charge is -2.35. The van der Waals surface area contributed by atoms with Crippen molar-refractivity contribution in [2.24, 2.45) is 4.99 Å². The van der Waals surface area contributed by atoms with Crippen LogP contribution in [0.2, 0.25) is 0 Å². The van der Waals surface area contributed by atoms with Gasteiger partial charge in [-0.1, -0.05) is 19.9 Å². The summed E-state index contributed by atoms with van der Waals surface area (Å²) in [7, 11) is 5.15. The smallest absolute Gasteiger partial charge is 0.191 e. The second-order valence-electron chi connectivity index (χ2n) is 7.54. The number of morpholine rings is 1. The molecule has 0 aromatic heterocycles. The van der Waals surface area contributed by atoms with Gasteiger partial charge >= 0.3 is 0 Å². The Labute approximate surface area is 187 Å². The van der Waals surface area contributed by atoms with Gasteiger partial charge in [0.05, 0.1) is 33.5 Å². The molecule has 1 aliphatic rings. The van der Waals surface area contributed by atoms with Gasteiger partial charge in [0.25, 0.3) is 0 Å². The molecule has 31 heavy (non-hydrogen) atoms. The maximum atomic E-state index is 5.57. The molecule has 1 heterocycles. The molecule has 1 unspecified atom stereocenters. The molecule has 1 fully saturated rings. The molecule has 1 saturated heterocycles. The zero-order valence-electron chi connectivity index (χ0n) is 19.9. The third-order valence-corrected chi connectivity index (χ3v) is 5.80. The van der Waals surface area contributed by atoms with Crippen LogP contribution in [-0.2, 0) is 4.74 Å². The highest BCUT2D eigenvalue weighted by atomic mass is 16.5. The number of nitrogens with one attached hydrogen (secondary N) is 2. The van der Waals surface area contributed by atoms with Gasteiger partial charge in [-0.05, 0) is 43.8 Å². The molecule has 1 aromatic rings. The SMILES string of the molecule is CCN(CC)CCCNC(=NC)NCC(c1ccc(OC)c(OC)c1)N1CCOCC1. The predicted octanol–water partition coefficient (Wildman–Crippen LogP) is 1.97. The summed E-state index contributed by atoms with van der Waals surface area (Å²) < 4.78 is 16.5. The fraction of sp³-hybridized carbons (Fsp3) is 0.696. The molecule has 0 bridgehead atoms. The summed E-state index contributed by atoms with van der Waals surface area (Å²) in [5, 5.41) is 6.97. The molecule has 2 N–H and O–H groups in total. The first kappa shape index (κ1) is 25.2. The second kappa shape index (κ2) is 14.1. The van der Waals surface area contributed by atoms with E-state index < -0.39 is 0 Å². The van der Waals surface area contributed by atoms with E-state index in [9.17, 15) is 0 Å². The van der Waals surface area contributed by atoms with Crippen LogP contribution in [0.25, 0.3) is 0 Å². The van der Waals surface area contributed by atoms with E-state index in [0.717, 1.165) is 82.9 Å². The second-order valence-corrected chi connectivity index (χ2v) is 7.54. The van der Waals surface area contributed by atoms with Crippen LogP contribution in [-0.4, -0.2) is 96.1 Å². The van der Waals surface area contributed by atoms with E-state index >= 15 is 0 Å². The molecule has 0 amide bonds.